The number of fused-ring (bicyclic) bond motifs is 4. The Morgan fingerprint density at radius 3 is 2.21 bits per heavy atom. The summed E-state index contributed by atoms with van der Waals surface area (Å²) < 4.78 is 64.5. The highest BCUT2D eigenvalue weighted by Crippen LogP contribution is 2.57. The van der Waals surface area contributed by atoms with E-state index >= 15 is 0 Å². The molecule has 6 aliphatic rings. The molecule has 398 valence electrons. The fourth-order valence-corrected chi connectivity index (χ4v) is 10.1. The second-order valence-corrected chi connectivity index (χ2v) is 19.1. The number of methoxy groups -OCH3 is 2. The minimum atomic E-state index is -1.61. The molecular weight excluding hydrogens is 967 g/mol. The Morgan fingerprint density at radius 2 is 1.55 bits per heavy atom. The van der Waals surface area contributed by atoms with Gasteiger partial charge >= 0.3 is 30.1 Å². The lowest BCUT2D eigenvalue weighted by Gasteiger charge is -2.47. The SMILES string of the molecule is COc1cc([C@@H]2c3cc4c(cc3C(OC3O[C@@H]5CO[C@@H](C)O[C@H]5[C@H](O)[C@H]3O)[C@H]3COC(=O)[C@H]23)OCO4)cc(OC)c1OC(=O)N(C)CCN(C)C(=O)O[C@H]1/C=C/CC[C@@](C)(C(=O)N[C@@H](CC(=O)O)C(=O)O)CC1. The van der Waals surface area contributed by atoms with E-state index in [4.69, 9.17) is 57.2 Å². The van der Waals surface area contributed by atoms with Gasteiger partial charge in [0.1, 0.15) is 36.6 Å². The van der Waals surface area contributed by atoms with Crippen LogP contribution in [0.2, 0.25) is 0 Å². The van der Waals surface area contributed by atoms with E-state index in [1.54, 1.807) is 50.3 Å². The maximum absolute atomic E-state index is 13.9. The number of rotatable bonds is 15. The zero-order valence-corrected chi connectivity index (χ0v) is 41.1. The number of carbonyl (C=O) groups excluding carboxylic acids is 4. The molecule has 0 radical (unpaired) electrons. The van der Waals surface area contributed by atoms with Crippen molar-refractivity contribution in [3.8, 4) is 28.7 Å². The van der Waals surface area contributed by atoms with E-state index in [-0.39, 0.29) is 63.2 Å². The van der Waals surface area contributed by atoms with Gasteiger partial charge in [0.15, 0.2) is 35.6 Å². The van der Waals surface area contributed by atoms with Gasteiger partial charge in [-0.05, 0) is 79.6 Å². The summed E-state index contributed by atoms with van der Waals surface area (Å²) in [7, 11) is 5.69. The molecule has 0 saturated carbocycles. The molecule has 13 atom stereocenters. The van der Waals surface area contributed by atoms with Crippen molar-refractivity contribution in [2.45, 2.75) is 107 Å². The molecule has 2 unspecified atom stereocenters. The smallest absolute Gasteiger partial charge is 0.415 e. The molecule has 0 bridgehead atoms. The number of aliphatic hydroxyl groups is 2. The summed E-state index contributed by atoms with van der Waals surface area (Å²) >= 11 is 0. The van der Waals surface area contributed by atoms with Crippen molar-refractivity contribution in [2.24, 2.45) is 17.3 Å². The number of aliphatic hydroxyl groups excluding tert-OH is 2. The number of esters is 1. The van der Waals surface area contributed by atoms with Gasteiger partial charge in [0.05, 0.1) is 45.9 Å². The number of amides is 3. The van der Waals surface area contributed by atoms with Crippen molar-refractivity contribution in [1.29, 1.82) is 0 Å². The molecule has 8 rings (SSSR count). The first-order valence-corrected chi connectivity index (χ1v) is 23.9. The van der Waals surface area contributed by atoms with Crippen LogP contribution in [0.3, 0.4) is 0 Å². The lowest BCUT2D eigenvalue weighted by atomic mass is 9.66. The fraction of sp³-hybridized carbons (Fsp3) is 0.592. The second kappa shape index (κ2) is 22.0. The van der Waals surface area contributed by atoms with Gasteiger partial charge in [-0.15, -0.1) is 0 Å². The van der Waals surface area contributed by atoms with Crippen molar-refractivity contribution in [2.75, 3.05) is 61.4 Å². The van der Waals surface area contributed by atoms with Gasteiger partial charge in [-0.3, -0.25) is 14.4 Å². The lowest BCUT2D eigenvalue weighted by molar-refractivity contribution is -0.364. The maximum Gasteiger partial charge on any atom is 0.415 e. The normalized spacial score (nSPS) is 30.8. The Morgan fingerprint density at radius 1 is 0.877 bits per heavy atom. The molecule has 24 heteroatoms. The Labute approximate surface area is 419 Å². The molecule has 2 aromatic rings. The Hall–Kier alpha value is -6.44. The number of likely N-dealkylation sites (N-methyl/N-ethyl adjacent to an activating group) is 2. The van der Waals surface area contributed by atoms with E-state index in [1.807, 2.05) is 0 Å². The summed E-state index contributed by atoms with van der Waals surface area (Å²) in [5.41, 5.74) is 0.606. The molecule has 2 aliphatic carbocycles. The molecule has 24 nitrogen and oxygen atoms in total. The number of cyclic esters (lactones) is 1. The number of aliphatic carboxylic acids is 2. The zero-order valence-electron chi connectivity index (χ0n) is 41.1. The summed E-state index contributed by atoms with van der Waals surface area (Å²) in [6.45, 7) is 3.28. The quantitative estimate of drug-likeness (QED) is 0.127. The number of ether oxygens (including phenoxy) is 11. The van der Waals surface area contributed by atoms with Crippen molar-refractivity contribution in [3.05, 3.63) is 53.1 Å². The number of carboxylic acids is 2. The molecule has 4 heterocycles. The number of carboxylic acid groups (broad SMARTS) is 2. The summed E-state index contributed by atoms with van der Waals surface area (Å²) in [4.78, 5) is 79.3. The molecule has 73 heavy (non-hydrogen) atoms. The van der Waals surface area contributed by atoms with Crippen LogP contribution in [0.4, 0.5) is 9.59 Å². The van der Waals surface area contributed by atoms with E-state index in [2.05, 4.69) is 5.32 Å². The number of nitrogens with zero attached hydrogens (tertiary/aromatic N) is 2. The highest BCUT2D eigenvalue weighted by molar-refractivity contribution is 5.89. The second-order valence-electron chi connectivity index (χ2n) is 19.1. The van der Waals surface area contributed by atoms with Crippen LogP contribution in [0.1, 0.15) is 74.7 Å². The first-order valence-electron chi connectivity index (χ1n) is 23.9. The number of carbonyl (C=O) groups is 6. The Balaban J connectivity index is 0.945. The zero-order chi connectivity index (χ0) is 52.5. The lowest BCUT2D eigenvalue weighted by Crippen LogP contribution is -2.63. The first kappa shape index (κ1) is 52.9. The molecule has 3 fully saturated rings. The van der Waals surface area contributed by atoms with Crippen LogP contribution < -0.4 is 29.0 Å². The van der Waals surface area contributed by atoms with Crippen LogP contribution in [0.25, 0.3) is 0 Å². The highest BCUT2D eigenvalue weighted by atomic mass is 16.8. The van der Waals surface area contributed by atoms with Gasteiger partial charge in [0.2, 0.25) is 18.4 Å². The maximum atomic E-state index is 13.9. The Bertz CT molecular complexity index is 2440. The average Bonchev–Trinajstić information content (AvgIpc) is 3.99. The van der Waals surface area contributed by atoms with Crippen LogP contribution in [-0.4, -0.2) is 177 Å². The standard InChI is InChI=1S/C49H61N3O21/c1-23-65-21-34-42(69-23)38(55)39(56)45(71-34)72-40-27-18-31-30(67-22-68-31)17-26(27)36(37-28(40)20-66-44(37)59)24-15-32(63-5)41(33(16-24)64-6)73-48(62)52(4)14-13-51(3)47(61)70-25-9-7-8-11-49(2,12-10-25)46(60)50-29(43(57)58)19-35(53)54/h7,9,15-18,23,25,28-29,34,36-40,42,45,55-56H,8,10-14,19-22H2,1-6H3,(H,50,60)(H,53,54)(H,57,58)/b9-7+/t23-,25+,28+,29+,34-,36-,37+,38-,39-,40?,42-,45?,49-/m1/s1. The van der Waals surface area contributed by atoms with Crippen molar-refractivity contribution < 1.29 is 101 Å². The average molecular weight is 1030 g/mol. The number of benzene rings is 2. The van der Waals surface area contributed by atoms with Gasteiger partial charge in [0.25, 0.3) is 0 Å². The molecule has 0 spiro atoms. The molecule has 0 aromatic heterocycles. The van der Waals surface area contributed by atoms with Gasteiger partial charge in [-0.1, -0.05) is 13.0 Å². The summed E-state index contributed by atoms with van der Waals surface area (Å²) in [5.74, 6) is -5.34. The van der Waals surface area contributed by atoms with Crippen molar-refractivity contribution in [1.82, 2.24) is 15.1 Å². The van der Waals surface area contributed by atoms with Gasteiger partial charge in [0, 0.05) is 44.4 Å². The van der Waals surface area contributed by atoms with E-state index < -0.39 is 121 Å². The van der Waals surface area contributed by atoms with Crippen LogP contribution in [0, 0.1) is 17.3 Å². The third-order valence-electron chi connectivity index (χ3n) is 14.3. The summed E-state index contributed by atoms with van der Waals surface area (Å²) in [6, 6.07) is 5.14. The van der Waals surface area contributed by atoms with Gasteiger partial charge < -0.3 is 87.6 Å². The minimum Gasteiger partial charge on any atom is -0.493 e. The summed E-state index contributed by atoms with van der Waals surface area (Å²) in [5, 5.41) is 43.3. The first-order chi connectivity index (χ1) is 34.8. The highest BCUT2D eigenvalue weighted by Gasteiger charge is 2.56. The Kier molecular flexibility index (Phi) is 15.9. The third kappa shape index (κ3) is 11.1. The number of hydrogen-bond acceptors (Lipinski definition) is 19. The summed E-state index contributed by atoms with van der Waals surface area (Å²) in [6.07, 6.45) is -5.86. The van der Waals surface area contributed by atoms with E-state index in [9.17, 15) is 44.1 Å². The third-order valence-corrected chi connectivity index (χ3v) is 14.3. The van der Waals surface area contributed by atoms with Crippen LogP contribution in [-0.2, 0) is 47.6 Å². The molecule has 5 N–H and O–H groups in total. The molecule has 4 aliphatic heterocycles. The number of nitrogens with one attached hydrogen (secondary N) is 1. The van der Waals surface area contributed by atoms with Crippen molar-refractivity contribution in [3.63, 3.8) is 0 Å². The van der Waals surface area contributed by atoms with Crippen molar-refractivity contribution >= 4 is 36.0 Å². The topological polar surface area (TPSA) is 303 Å². The van der Waals surface area contributed by atoms with E-state index in [0.29, 0.717) is 41.0 Å². The fourth-order valence-electron chi connectivity index (χ4n) is 10.1. The van der Waals surface area contributed by atoms with Gasteiger partial charge in [-0.2, -0.15) is 0 Å². The molecule has 3 saturated heterocycles. The predicted molar refractivity (Wildman–Crippen MR) is 246 cm³/mol. The van der Waals surface area contributed by atoms with E-state index in [1.165, 1.54) is 38.1 Å². The van der Waals surface area contributed by atoms with Crippen LogP contribution in [0.5, 0.6) is 28.7 Å². The number of hydrogen-bond donors (Lipinski definition) is 5. The molecular formula is C49H61N3O21. The van der Waals surface area contributed by atoms with Crippen LogP contribution in [0.15, 0.2) is 36.4 Å². The van der Waals surface area contributed by atoms with Gasteiger partial charge in [-0.25, -0.2) is 14.4 Å². The minimum absolute atomic E-state index is 0.00683. The predicted octanol–water partition coefficient (Wildman–Crippen LogP) is 2.68. The van der Waals surface area contributed by atoms with Crippen LogP contribution >= 0.6 is 0 Å². The number of allylic oxidation sites excluding steroid dienone is 1. The molecule has 3 amide bonds. The monoisotopic (exact) mass is 1030 g/mol. The van der Waals surface area contributed by atoms with E-state index in [0.717, 1.165) is 0 Å². The largest absolute Gasteiger partial charge is 0.493 e. The molecule has 2 aromatic carbocycles.